The fourth-order valence-corrected chi connectivity index (χ4v) is 4.48. The number of aromatic nitrogens is 1. The largest absolute Gasteiger partial charge is 0.503 e. The molecule has 0 saturated carbocycles. The van der Waals surface area contributed by atoms with E-state index >= 15 is 0 Å². The van der Waals surface area contributed by atoms with Crippen LogP contribution in [0.25, 0.3) is 0 Å². The van der Waals surface area contributed by atoms with Crippen molar-refractivity contribution in [1.82, 2.24) is 13.8 Å². The monoisotopic (exact) mass is 405 g/mol. The molecule has 1 aliphatic heterocycles. The number of aromatic hydroxyl groups is 1. The van der Waals surface area contributed by atoms with Gasteiger partial charge in [0.25, 0.3) is 5.91 Å². The summed E-state index contributed by atoms with van der Waals surface area (Å²) in [4.78, 5) is 26.7. The molecular formula is C19H23N3O5S. The molecule has 2 heterocycles. The van der Waals surface area contributed by atoms with Crippen molar-refractivity contribution in [2.75, 3.05) is 13.6 Å². The summed E-state index contributed by atoms with van der Waals surface area (Å²) < 4.78 is 28.2. The maximum Gasteiger partial charge on any atom is 0.274 e. The fourth-order valence-electron chi connectivity index (χ4n) is 3.31. The van der Waals surface area contributed by atoms with E-state index < -0.39 is 27.1 Å². The van der Waals surface area contributed by atoms with Crippen molar-refractivity contribution < 1.29 is 18.3 Å². The van der Waals surface area contributed by atoms with Gasteiger partial charge in [0.15, 0.2) is 11.4 Å². The fraction of sp³-hybridized carbons (Fsp3) is 0.368. The molecule has 0 unspecified atom stereocenters. The van der Waals surface area contributed by atoms with Gasteiger partial charge in [0.05, 0.1) is 11.4 Å². The Morgan fingerprint density at radius 2 is 1.79 bits per heavy atom. The Labute approximate surface area is 163 Å². The van der Waals surface area contributed by atoms with E-state index in [-0.39, 0.29) is 23.2 Å². The van der Waals surface area contributed by atoms with Crippen molar-refractivity contribution in [1.29, 1.82) is 0 Å². The number of carbonyl (C=O) groups excluding carboxylic acids is 1. The van der Waals surface area contributed by atoms with E-state index in [0.717, 1.165) is 4.31 Å². The van der Waals surface area contributed by atoms with E-state index in [1.807, 2.05) is 13.8 Å². The lowest BCUT2D eigenvalue weighted by Crippen LogP contribution is -2.46. The summed E-state index contributed by atoms with van der Waals surface area (Å²) in [6.45, 7) is 4.38. The van der Waals surface area contributed by atoms with Crippen molar-refractivity contribution in [3.05, 3.63) is 58.0 Å². The first-order valence-electron chi connectivity index (χ1n) is 8.92. The molecule has 1 N–H and O–H groups in total. The first-order valence-corrected chi connectivity index (χ1v) is 10.4. The Morgan fingerprint density at radius 3 is 2.39 bits per heavy atom. The number of fused-ring (bicyclic) bond motifs is 1. The molecule has 0 aliphatic carbocycles. The highest BCUT2D eigenvalue weighted by Gasteiger charge is 2.32. The third kappa shape index (κ3) is 3.43. The van der Waals surface area contributed by atoms with Crippen LogP contribution in [0.5, 0.6) is 5.75 Å². The molecule has 8 nitrogen and oxygen atoms in total. The van der Waals surface area contributed by atoms with Crippen LogP contribution in [0, 0.1) is 0 Å². The average Bonchev–Trinajstić information content (AvgIpc) is 2.66. The number of amides is 1. The van der Waals surface area contributed by atoms with Gasteiger partial charge >= 0.3 is 0 Å². The number of hydrogen-bond donors (Lipinski definition) is 1. The minimum Gasteiger partial charge on any atom is -0.503 e. The predicted molar refractivity (Wildman–Crippen MR) is 104 cm³/mol. The third-order valence-corrected chi connectivity index (χ3v) is 6.68. The van der Waals surface area contributed by atoms with Crippen molar-refractivity contribution in [3.63, 3.8) is 0 Å². The second-order valence-corrected chi connectivity index (χ2v) is 9.06. The lowest BCUT2D eigenvalue weighted by atomic mass is 10.1. The SMILES string of the molecule is CC(C)N1CCn2c(CN(C)S(=O)(=O)c3ccccc3)cc(=O)c(O)c2C1=O. The Morgan fingerprint density at radius 1 is 1.14 bits per heavy atom. The van der Waals surface area contributed by atoms with Gasteiger partial charge < -0.3 is 14.6 Å². The van der Waals surface area contributed by atoms with Crippen LogP contribution < -0.4 is 5.43 Å². The Balaban J connectivity index is 2.02. The maximum atomic E-state index is 12.8. The van der Waals surface area contributed by atoms with Crippen molar-refractivity contribution in [3.8, 4) is 5.75 Å². The topological polar surface area (TPSA) is 99.9 Å². The van der Waals surface area contributed by atoms with Gasteiger partial charge in [0.2, 0.25) is 15.5 Å². The minimum absolute atomic E-state index is 0.0828. The number of pyridine rings is 1. The summed E-state index contributed by atoms with van der Waals surface area (Å²) in [6.07, 6.45) is 0. The highest BCUT2D eigenvalue weighted by molar-refractivity contribution is 7.89. The number of benzene rings is 1. The Kier molecular flexibility index (Phi) is 5.31. The van der Waals surface area contributed by atoms with Gasteiger partial charge in [-0.05, 0) is 26.0 Å². The van der Waals surface area contributed by atoms with E-state index in [1.54, 1.807) is 23.1 Å². The van der Waals surface area contributed by atoms with E-state index in [2.05, 4.69) is 0 Å². The summed E-state index contributed by atoms with van der Waals surface area (Å²) >= 11 is 0. The van der Waals surface area contributed by atoms with E-state index in [1.165, 1.54) is 29.8 Å². The van der Waals surface area contributed by atoms with Crippen LogP contribution in [0.1, 0.15) is 30.0 Å². The van der Waals surface area contributed by atoms with E-state index in [4.69, 9.17) is 0 Å². The molecule has 150 valence electrons. The van der Waals surface area contributed by atoms with Gasteiger partial charge in [0.1, 0.15) is 0 Å². The average molecular weight is 405 g/mol. The van der Waals surface area contributed by atoms with Crippen LogP contribution >= 0.6 is 0 Å². The van der Waals surface area contributed by atoms with Crippen LogP contribution in [0.4, 0.5) is 0 Å². The predicted octanol–water partition coefficient (Wildman–Crippen LogP) is 1.24. The summed E-state index contributed by atoms with van der Waals surface area (Å²) in [5, 5.41) is 10.2. The van der Waals surface area contributed by atoms with Gasteiger partial charge in [0, 0.05) is 37.9 Å². The molecule has 28 heavy (non-hydrogen) atoms. The summed E-state index contributed by atoms with van der Waals surface area (Å²) in [5.41, 5.74) is -0.435. The number of rotatable bonds is 5. The zero-order valence-corrected chi connectivity index (χ0v) is 16.8. The first-order chi connectivity index (χ1) is 13.1. The third-order valence-electron chi connectivity index (χ3n) is 4.86. The summed E-state index contributed by atoms with van der Waals surface area (Å²) in [5.74, 6) is -1.04. The molecule has 1 amide bonds. The molecule has 0 atom stereocenters. The van der Waals surface area contributed by atoms with Crippen molar-refractivity contribution in [2.45, 2.75) is 37.9 Å². The molecule has 0 spiro atoms. The molecule has 0 bridgehead atoms. The Bertz CT molecular complexity index is 1060. The summed E-state index contributed by atoms with van der Waals surface area (Å²) in [7, 11) is -2.35. The van der Waals surface area contributed by atoms with Gasteiger partial charge in [-0.2, -0.15) is 4.31 Å². The molecule has 0 radical (unpaired) electrons. The van der Waals surface area contributed by atoms with Gasteiger partial charge in [-0.1, -0.05) is 18.2 Å². The minimum atomic E-state index is -3.76. The zero-order chi connectivity index (χ0) is 20.6. The lowest BCUT2D eigenvalue weighted by molar-refractivity contribution is 0.0638. The zero-order valence-electron chi connectivity index (χ0n) is 16.0. The first kappa shape index (κ1) is 20.1. The van der Waals surface area contributed by atoms with Crippen LogP contribution in [0.15, 0.2) is 46.1 Å². The molecular weight excluding hydrogens is 382 g/mol. The number of nitrogens with zero attached hydrogens (tertiary/aromatic N) is 3. The molecule has 0 fully saturated rings. The van der Waals surface area contributed by atoms with E-state index in [0.29, 0.717) is 18.8 Å². The van der Waals surface area contributed by atoms with Crippen molar-refractivity contribution in [2.24, 2.45) is 0 Å². The van der Waals surface area contributed by atoms with Crippen LogP contribution in [-0.2, 0) is 23.1 Å². The molecule has 0 saturated heterocycles. The molecule has 3 rings (SSSR count). The maximum absolute atomic E-state index is 12.8. The van der Waals surface area contributed by atoms with E-state index in [9.17, 15) is 23.1 Å². The molecule has 1 aromatic carbocycles. The molecule has 2 aromatic rings. The molecule has 1 aliphatic rings. The number of hydrogen-bond acceptors (Lipinski definition) is 5. The molecule has 1 aromatic heterocycles. The second-order valence-electron chi connectivity index (χ2n) is 7.02. The highest BCUT2D eigenvalue weighted by Crippen LogP contribution is 2.24. The standard InChI is InChI=1S/C19H23N3O5S/c1-13(2)21-9-10-22-14(11-16(23)18(24)17(22)19(21)25)12-20(3)28(26,27)15-7-5-4-6-8-15/h4-8,11,13,24H,9-10,12H2,1-3H3. The van der Waals surface area contributed by atoms with Gasteiger partial charge in [-0.25, -0.2) is 8.42 Å². The van der Waals surface area contributed by atoms with Crippen LogP contribution in [-0.4, -0.2) is 52.8 Å². The Hall–Kier alpha value is -2.65. The number of sulfonamides is 1. The lowest BCUT2D eigenvalue weighted by Gasteiger charge is -2.34. The van der Waals surface area contributed by atoms with Gasteiger partial charge in [-0.15, -0.1) is 0 Å². The van der Waals surface area contributed by atoms with Crippen molar-refractivity contribution >= 4 is 15.9 Å². The van der Waals surface area contributed by atoms with Crippen LogP contribution in [0.3, 0.4) is 0 Å². The molecule has 9 heteroatoms. The summed E-state index contributed by atoms with van der Waals surface area (Å²) in [6, 6.07) is 9.08. The normalized spacial score (nSPS) is 14.6. The van der Waals surface area contributed by atoms with Gasteiger partial charge in [-0.3, -0.25) is 9.59 Å². The second kappa shape index (κ2) is 7.40. The van der Waals surface area contributed by atoms with Crippen LogP contribution in [0.2, 0.25) is 0 Å². The highest BCUT2D eigenvalue weighted by atomic mass is 32.2. The quantitative estimate of drug-likeness (QED) is 0.807. The smallest absolute Gasteiger partial charge is 0.274 e. The number of carbonyl (C=O) groups is 1.